The van der Waals surface area contributed by atoms with Crippen LogP contribution in [0.25, 0.3) is 11.4 Å². The van der Waals surface area contributed by atoms with Crippen LogP contribution in [-0.4, -0.2) is 15.0 Å². The van der Waals surface area contributed by atoms with Gasteiger partial charge >= 0.3 is 0 Å². The van der Waals surface area contributed by atoms with Crippen LogP contribution in [0.3, 0.4) is 0 Å². The van der Waals surface area contributed by atoms with E-state index in [-0.39, 0.29) is 11.7 Å². The number of thiazole rings is 1. The molecule has 4 aromatic rings. The van der Waals surface area contributed by atoms with Gasteiger partial charge in [0.2, 0.25) is 0 Å². The molecule has 1 aliphatic carbocycles. The molecule has 158 valence electrons. The van der Waals surface area contributed by atoms with E-state index in [1.165, 1.54) is 10.9 Å². The van der Waals surface area contributed by atoms with Crippen LogP contribution in [0.2, 0.25) is 10.0 Å². The van der Waals surface area contributed by atoms with Gasteiger partial charge in [0.1, 0.15) is 11.6 Å². The molecule has 0 radical (unpaired) electrons. The van der Waals surface area contributed by atoms with Crippen LogP contribution < -0.4 is 5.32 Å². The molecule has 1 atom stereocenters. The summed E-state index contributed by atoms with van der Waals surface area (Å²) in [6.45, 7) is 1.86. The van der Waals surface area contributed by atoms with E-state index in [0.29, 0.717) is 27.1 Å². The normalized spacial score (nSPS) is 15.7. The van der Waals surface area contributed by atoms with E-state index in [1.807, 2.05) is 25.1 Å². The second-order valence-corrected chi connectivity index (χ2v) is 9.58. The van der Waals surface area contributed by atoms with Crippen LogP contribution in [0, 0.1) is 12.7 Å². The first-order valence-electron chi connectivity index (χ1n) is 10.0. The standard InChI is InChI=1S/C23H19Cl2FN4S/c1-12-11-27-22(28-12)17-8-6-14(10-19(17)26)29-23-30-21-16(3-2-4-20(21)31-23)15-7-5-13(24)9-18(15)25/h5-11,16H,2-4H2,1H3,(H,27,28)(H,29,30). The highest BCUT2D eigenvalue weighted by molar-refractivity contribution is 7.15. The van der Waals surface area contributed by atoms with Crippen molar-refractivity contribution < 1.29 is 4.39 Å². The first kappa shape index (κ1) is 20.5. The Hall–Kier alpha value is -2.41. The number of fused-ring (bicyclic) bond motifs is 1. The van der Waals surface area contributed by atoms with Gasteiger partial charge in [0.15, 0.2) is 5.13 Å². The number of aryl methyl sites for hydroxylation is 2. The molecule has 5 rings (SSSR count). The highest BCUT2D eigenvalue weighted by atomic mass is 35.5. The van der Waals surface area contributed by atoms with Crippen molar-refractivity contribution >= 4 is 45.4 Å². The number of halogens is 3. The summed E-state index contributed by atoms with van der Waals surface area (Å²) in [5.74, 6) is 0.321. The van der Waals surface area contributed by atoms with E-state index < -0.39 is 0 Å². The first-order chi connectivity index (χ1) is 15.0. The largest absolute Gasteiger partial charge is 0.344 e. The van der Waals surface area contributed by atoms with Crippen LogP contribution in [0.5, 0.6) is 0 Å². The summed E-state index contributed by atoms with van der Waals surface area (Å²) < 4.78 is 14.7. The van der Waals surface area contributed by atoms with Gasteiger partial charge in [0.05, 0.1) is 17.0 Å². The van der Waals surface area contributed by atoms with E-state index in [0.717, 1.165) is 41.3 Å². The quantitative estimate of drug-likeness (QED) is 0.323. The highest BCUT2D eigenvalue weighted by Gasteiger charge is 2.27. The zero-order chi connectivity index (χ0) is 21.5. The van der Waals surface area contributed by atoms with Gasteiger partial charge in [0.25, 0.3) is 0 Å². The third-order valence-electron chi connectivity index (χ3n) is 5.47. The fourth-order valence-electron chi connectivity index (χ4n) is 4.02. The number of aromatic nitrogens is 3. The molecule has 0 fully saturated rings. The van der Waals surface area contributed by atoms with Gasteiger partial charge < -0.3 is 10.3 Å². The molecular weight excluding hydrogens is 454 g/mol. The monoisotopic (exact) mass is 472 g/mol. The summed E-state index contributed by atoms with van der Waals surface area (Å²) in [6.07, 6.45) is 4.81. The number of hydrogen-bond donors (Lipinski definition) is 2. The minimum Gasteiger partial charge on any atom is -0.344 e. The summed E-state index contributed by atoms with van der Waals surface area (Å²) in [5, 5.41) is 5.31. The minimum absolute atomic E-state index is 0.140. The molecule has 0 saturated heterocycles. The summed E-state index contributed by atoms with van der Waals surface area (Å²) in [5.41, 5.74) is 4.01. The Morgan fingerprint density at radius 2 is 2.03 bits per heavy atom. The van der Waals surface area contributed by atoms with E-state index in [4.69, 9.17) is 28.2 Å². The average Bonchev–Trinajstić information content (AvgIpc) is 3.34. The molecular formula is C23H19Cl2FN4S. The van der Waals surface area contributed by atoms with Crippen molar-refractivity contribution in [2.75, 3.05) is 5.32 Å². The molecule has 2 N–H and O–H groups in total. The summed E-state index contributed by atoms with van der Waals surface area (Å²) in [4.78, 5) is 13.4. The van der Waals surface area contributed by atoms with Gasteiger partial charge in [0, 0.05) is 32.7 Å². The molecule has 2 aromatic heterocycles. The predicted octanol–water partition coefficient (Wildman–Crippen LogP) is 7.50. The maximum Gasteiger partial charge on any atom is 0.187 e. The number of H-pyrrole nitrogens is 1. The van der Waals surface area contributed by atoms with Crippen molar-refractivity contribution in [1.82, 2.24) is 15.0 Å². The molecule has 2 heterocycles. The second kappa shape index (κ2) is 8.26. The number of imidazole rings is 1. The lowest BCUT2D eigenvalue weighted by Gasteiger charge is -2.22. The third-order valence-corrected chi connectivity index (χ3v) is 7.08. The van der Waals surface area contributed by atoms with Crippen LogP contribution in [-0.2, 0) is 6.42 Å². The van der Waals surface area contributed by atoms with Crippen LogP contribution in [0.15, 0.2) is 42.6 Å². The molecule has 0 saturated carbocycles. The molecule has 0 bridgehead atoms. The first-order valence-corrected chi connectivity index (χ1v) is 11.6. The lowest BCUT2D eigenvalue weighted by atomic mass is 9.85. The lowest BCUT2D eigenvalue weighted by molar-refractivity contribution is 0.610. The molecule has 8 heteroatoms. The minimum atomic E-state index is -0.341. The molecule has 0 aliphatic heterocycles. The number of rotatable bonds is 4. The van der Waals surface area contributed by atoms with Crippen LogP contribution in [0.1, 0.15) is 40.6 Å². The van der Waals surface area contributed by atoms with E-state index in [1.54, 1.807) is 29.7 Å². The Kier molecular flexibility index (Phi) is 5.46. The van der Waals surface area contributed by atoms with Gasteiger partial charge in [-0.15, -0.1) is 11.3 Å². The highest BCUT2D eigenvalue weighted by Crippen LogP contribution is 2.43. The Balaban J connectivity index is 1.42. The maximum atomic E-state index is 14.7. The van der Waals surface area contributed by atoms with Gasteiger partial charge in [-0.25, -0.2) is 14.4 Å². The average molecular weight is 473 g/mol. The van der Waals surface area contributed by atoms with Crippen molar-refractivity contribution in [3.63, 3.8) is 0 Å². The Morgan fingerprint density at radius 3 is 2.77 bits per heavy atom. The zero-order valence-corrected chi connectivity index (χ0v) is 19.0. The molecule has 1 unspecified atom stereocenters. The Morgan fingerprint density at radius 1 is 1.16 bits per heavy atom. The Labute approximate surface area is 193 Å². The fraction of sp³-hybridized carbons (Fsp3) is 0.217. The van der Waals surface area contributed by atoms with Crippen LogP contribution in [0.4, 0.5) is 15.2 Å². The van der Waals surface area contributed by atoms with Gasteiger partial charge in [-0.1, -0.05) is 29.3 Å². The second-order valence-electron chi connectivity index (χ2n) is 7.65. The predicted molar refractivity (Wildman–Crippen MR) is 125 cm³/mol. The third kappa shape index (κ3) is 4.07. The Bertz CT molecular complexity index is 1270. The van der Waals surface area contributed by atoms with Crippen molar-refractivity contribution in [3.8, 4) is 11.4 Å². The lowest BCUT2D eigenvalue weighted by Crippen LogP contribution is -2.10. The molecule has 0 amide bonds. The fourth-order valence-corrected chi connectivity index (χ4v) is 5.64. The number of nitrogens with zero attached hydrogens (tertiary/aromatic N) is 2. The summed E-state index contributed by atoms with van der Waals surface area (Å²) in [7, 11) is 0. The number of benzene rings is 2. The molecule has 4 nitrogen and oxygen atoms in total. The molecule has 2 aromatic carbocycles. The van der Waals surface area contributed by atoms with E-state index in [2.05, 4.69) is 15.3 Å². The van der Waals surface area contributed by atoms with Crippen molar-refractivity contribution in [2.45, 2.75) is 32.1 Å². The van der Waals surface area contributed by atoms with E-state index >= 15 is 0 Å². The summed E-state index contributed by atoms with van der Waals surface area (Å²) in [6, 6.07) is 10.7. The number of aromatic amines is 1. The molecule has 31 heavy (non-hydrogen) atoms. The summed E-state index contributed by atoms with van der Waals surface area (Å²) >= 11 is 14.2. The molecule has 1 aliphatic rings. The van der Waals surface area contributed by atoms with Crippen LogP contribution >= 0.6 is 34.5 Å². The van der Waals surface area contributed by atoms with Gasteiger partial charge in [-0.2, -0.15) is 0 Å². The van der Waals surface area contributed by atoms with Crippen molar-refractivity contribution in [1.29, 1.82) is 0 Å². The van der Waals surface area contributed by atoms with Crippen molar-refractivity contribution in [2.24, 2.45) is 0 Å². The van der Waals surface area contributed by atoms with E-state index in [9.17, 15) is 4.39 Å². The number of nitrogens with one attached hydrogen (secondary N) is 2. The SMILES string of the molecule is Cc1c[nH]c(-c2ccc(Nc3nc4c(s3)CCCC4c3ccc(Cl)cc3Cl)cc2F)n1. The maximum absolute atomic E-state index is 14.7. The van der Waals surface area contributed by atoms with Crippen molar-refractivity contribution in [3.05, 3.63) is 80.3 Å². The number of hydrogen-bond acceptors (Lipinski definition) is 4. The van der Waals surface area contributed by atoms with Gasteiger partial charge in [-0.3, -0.25) is 0 Å². The topological polar surface area (TPSA) is 53.6 Å². The molecule has 0 spiro atoms. The number of anilines is 2. The smallest absolute Gasteiger partial charge is 0.187 e. The zero-order valence-electron chi connectivity index (χ0n) is 16.7. The van der Waals surface area contributed by atoms with Gasteiger partial charge in [-0.05, 0) is 62.1 Å².